The Balaban J connectivity index is 2.57. The Kier molecular flexibility index (Phi) is 5.05. The summed E-state index contributed by atoms with van der Waals surface area (Å²) < 4.78 is 0. The average Bonchev–Trinajstić information content (AvgIpc) is 2.26. The molecule has 1 atom stereocenters. The maximum absolute atomic E-state index is 6.07. The molecular formula is C12H19NS. The highest BCUT2D eigenvalue weighted by molar-refractivity contribution is 7.98. The van der Waals surface area contributed by atoms with E-state index in [1.54, 1.807) is 11.8 Å². The first-order valence-corrected chi connectivity index (χ1v) is 6.40. The summed E-state index contributed by atoms with van der Waals surface area (Å²) in [6, 6.07) is 8.79. The quantitative estimate of drug-likeness (QED) is 0.750. The van der Waals surface area contributed by atoms with Gasteiger partial charge in [-0.05, 0) is 30.4 Å². The molecule has 14 heavy (non-hydrogen) atoms. The summed E-state index contributed by atoms with van der Waals surface area (Å²) in [6.45, 7) is 2.20. The SMILES string of the molecule is CCCCC(N)c1ccc(SC)cc1. The molecule has 1 aromatic rings. The molecule has 0 heterocycles. The molecule has 0 spiro atoms. The van der Waals surface area contributed by atoms with Gasteiger partial charge in [0.15, 0.2) is 0 Å². The van der Waals surface area contributed by atoms with Crippen molar-refractivity contribution in [3.8, 4) is 0 Å². The number of rotatable bonds is 5. The van der Waals surface area contributed by atoms with Crippen LogP contribution in [0.15, 0.2) is 29.2 Å². The number of hydrogen-bond donors (Lipinski definition) is 1. The van der Waals surface area contributed by atoms with Gasteiger partial charge in [-0.15, -0.1) is 11.8 Å². The zero-order chi connectivity index (χ0) is 10.4. The van der Waals surface area contributed by atoms with Gasteiger partial charge in [0.05, 0.1) is 0 Å². The van der Waals surface area contributed by atoms with Crippen molar-refractivity contribution >= 4 is 11.8 Å². The fraction of sp³-hybridized carbons (Fsp3) is 0.500. The zero-order valence-electron chi connectivity index (χ0n) is 8.99. The summed E-state index contributed by atoms with van der Waals surface area (Å²) in [4.78, 5) is 1.30. The molecule has 0 aliphatic heterocycles. The number of unbranched alkanes of at least 4 members (excludes halogenated alkanes) is 1. The number of thioether (sulfide) groups is 1. The van der Waals surface area contributed by atoms with Crippen LogP contribution in [0.25, 0.3) is 0 Å². The lowest BCUT2D eigenvalue weighted by molar-refractivity contribution is 0.603. The highest BCUT2D eigenvalue weighted by atomic mass is 32.2. The first-order chi connectivity index (χ1) is 6.77. The molecule has 0 saturated heterocycles. The molecule has 0 bridgehead atoms. The molecule has 1 unspecified atom stereocenters. The third-order valence-corrected chi connectivity index (χ3v) is 3.16. The van der Waals surface area contributed by atoms with Gasteiger partial charge in [-0.3, -0.25) is 0 Å². The fourth-order valence-electron chi connectivity index (χ4n) is 1.44. The maximum atomic E-state index is 6.07. The van der Waals surface area contributed by atoms with Crippen LogP contribution in [0.1, 0.15) is 37.8 Å². The van der Waals surface area contributed by atoms with E-state index in [1.165, 1.54) is 23.3 Å². The van der Waals surface area contributed by atoms with Gasteiger partial charge in [0.25, 0.3) is 0 Å². The standard InChI is InChI=1S/C12H19NS/c1-3-4-5-12(13)10-6-8-11(14-2)9-7-10/h6-9,12H,3-5,13H2,1-2H3. The van der Waals surface area contributed by atoms with Gasteiger partial charge in [0.1, 0.15) is 0 Å². The average molecular weight is 209 g/mol. The number of benzene rings is 1. The Bertz CT molecular complexity index is 256. The Morgan fingerprint density at radius 3 is 2.43 bits per heavy atom. The molecule has 0 saturated carbocycles. The van der Waals surface area contributed by atoms with E-state index in [1.807, 2.05) is 0 Å². The van der Waals surface area contributed by atoms with E-state index in [-0.39, 0.29) is 6.04 Å². The fourth-order valence-corrected chi connectivity index (χ4v) is 1.85. The van der Waals surface area contributed by atoms with Crippen molar-refractivity contribution in [1.29, 1.82) is 0 Å². The molecular weight excluding hydrogens is 190 g/mol. The Hall–Kier alpha value is -0.470. The van der Waals surface area contributed by atoms with Crippen molar-refractivity contribution in [1.82, 2.24) is 0 Å². The topological polar surface area (TPSA) is 26.0 Å². The summed E-state index contributed by atoms with van der Waals surface area (Å²) in [5.41, 5.74) is 7.33. The number of hydrogen-bond acceptors (Lipinski definition) is 2. The molecule has 0 aliphatic carbocycles. The summed E-state index contributed by atoms with van der Waals surface area (Å²) in [6.07, 6.45) is 5.61. The van der Waals surface area contributed by atoms with Gasteiger partial charge in [-0.25, -0.2) is 0 Å². The van der Waals surface area contributed by atoms with E-state index in [4.69, 9.17) is 5.73 Å². The molecule has 0 fully saturated rings. The molecule has 0 radical (unpaired) electrons. The minimum Gasteiger partial charge on any atom is -0.324 e. The molecule has 78 valence electrons. The van der Waals surface area contributed by atoms with Crippen LogP contribution >= 0.6 is 11.8 Å². The van der Waals surface area contributed by atoms with Crippen molar-refractivity contribution in [3.63, 3.8) is 0 Å². The van der Waals surface area contributed by atoms with Crippen LogP contribution < -0.4 is 5.73 Å². The number of nitrogens with two attached hydrogens (primary N) is 1. The molecule has 1 rings (SSSR count). The van der Waals surface area contributed by atoms with Crippen LogP contribution in [0, 0.1) is 0 Å². The van der Waals surface area contributed by atoms with Gasteiger partial charge in [0, 0.05) is 10.9 Å². The third kappa shape index (κ3) is 3.35. The lowest BCUT2D eigenvalue weighted by Gasteiger charge is -2.11. The van der Waals surface area contributed by atoms with E-state index < -0.39 is 0 Å². The predicted octanol–water partition coefficient (Wildman–Crippen LogP) is 3.60. The van der Waals surface area contributed by atoms with Gasteiger partial charge in [-0.1, -0.05) is 31.9 Å². The van der Waals surface area contributed by atoms with Crippen molar-refractivity contribution in [2.75, 3.05) is 6.26 Å². The summed E-state index contributed by atoms with van der Waals surface area (Å²) >= 11 is 1.77. The molecule has 1 nitrogen and oxygen atoms in total. The van der Waals surface area contributed by atoms with Crippen LogP contribution in [-0.4, -0.2) is 6.26 Å². The highest BCUT2D eigenvalue weighted by Gasteiger charge is 2.04. The first kappa shape index (κ1) is 11.6. The van der Waals surface area contributed by atoms with Crippen LogP contribution in [0.2, 0.25) is 0 Å². The van der Waals surface area contributed by atoms with Crippen molar-refractivity contribution in [3.05, 3.63) is 29.8 Å². The predicted molar refractivity (Wildman–Crippen MR) is 64.7 cm³/mol. The normalized spacial score (nSPS) is 12.8. The van der Waals surface area contributed by atoms with Crippen LogP contribution in [0.3, 0.4) is 0 Å². The molecule has 1 aromatic carbocycles. The minimum atomic E-state index is 0.214. The summed E-state index contributed by atoms with van der Waals surface area (Å²) in [5, 5.41) is 0. The Morgan fingerprint density at radius 2 is 1.93 bits per heavy atom. The van der Waals surface area contributed by atoms with E-state index in [0.717, 1.165) is 6.42 Å². The molecule has 0 amide bonds. The van der Waals surface area contributed by atoms with Gasteiger partial charge < -0.3 is 5.73 Å². The molecule has 0 aliphatic rings. The largest absolute Gasteiger partial charge is 0.324 e. The van der Waals surface area contributed by atoms with Gasteiger partial charge in [-0.2, -0.15) is 0 Å². The summed E-state index contributed by atoms with van der Waals surface area (Å²) in [7, 11) is 0. The van der Waals surface area contributed by atoms with Gasteiger partial charge >= 0.3 is 0 Å². The second-order valence-corrected chi connectivity index (χ2v) is 4.40. The van der Waals surface area contributed by atoms with Gasteiger partial charge in [0.2, 0.25) is 0 Å². The Morgan fingerprint density at radius 1 is 1.29 bits per heavy atom. The first-order valence-electron chi connectivity index (χ1n) is 5.17. The molecule has 2 heteroatoms. The summed E-state index contributed by atoms with van der Waals surface area (Å²) in [5.74, 6) is 0. The van der Waals surface area contributed by atoms with Crippen LogP contribution in [-0.2, 0) is 0 Å². The van der Waals surface area contributed by atoms with E-state index in [2.05, 4.69) is 37.4 Å². The van der Waals surface area contributed by atoms with Crippen LogP contribution in [0.5, 0.6) is 0 Å². The Labute approximate surface area is 91.1 Å². The minimum absolute atomic E-state index is 0.214. The second-order valence-electron chi connectivity index (χ2n) is 3.52. The van der Waals surface area contributed by atoms with Crippen LogP contribution in [0.4, 0.5) is 0 Å². The molecule has 0 aromatic heterocycles. The highest BCUT2D eigenvalue weighted by Crippen LogP contribution is 2.20. The van der Waals surface area contributed by atoms with Crippen molar-refractivity contribution < 1.29 is 0 Å². The van der Waals surface area contributed by atoms with E-state index in [0.29, 0.717) is 0 Å². The van der Waals surface area contributed by atoms with E-state index >= 15 is 0 Å². The lowest BCUT2D eigenvalue weighted by atomic mass is 10.0. The zero-order valence-corrected chi connectivity index (χ0v) is 9.81. The lowest BCUT2D eigenvalue weighted by Crippen LogP contribution is -2.09. The monoisotopic (exact) mass is 209 g/mol. The molecule has 2 N–H and O–H groups in total. The maximum Gasteiger partial charge on any atom is 0.0294 e. The van der Waals surface area contributed by atoms with Crippen molar-refractivity contribution in [2.24, 2.45) is 5.73 Å². The van der Waals surface area contributed by atoms with E-state index in [9.17, 15) is 0 Å². The smallest absolute Gasteiger partial charge is 0.0294 e. The second kappa shape index (κ2) is 6.10. The van der Waals surface area contributed by atoms with Crippen molar-refractivity contribution in [2.45, 2.75) is 37.1 Å². The third-order valence-electron chi connectivity index (χ3n) is 2.41.